The average Bonchev–Trinajstić information content (AvgIpc) is 2.61. The molecule has 2 heterocycles. The van der Waals surface area contributed by atoms with Gasteiger partial charge in [-0.2, -0.15) is 0 Å². The first-order chi connectivity index (χ1) is 13.2. The Labute approximate surface area is 160 Å². The first-order valence-electron chi connectivity index (χ1n) is 8.00. The highest BCUT2D eigenvalue weighted by Crippen LogP contribution is 2.23. The van der Waals surface area contributed by atoms with Gasteiger partial charge in [-0.15, -0.1) is 0 Å². The van der Waals surface area contributed by atoms with Crippen molar-refractivity contribution < 1.29 is 27.5 Å². The normalized spacial score (nSPS) is 16.0. The number of aromatic nitrogens is 2. The van der Waals surface area contributed by atoms with E-state index in [1.54, 1.807) is 6.07 Å². The zero-order chi connectivity index (χ0) is 20.4. The summed E-state index contributed by atoms with van der Waals surface area (Å²) in [5.74, 6) is -3.01. The fraction of sp³-hybridized carbons (Fsp3) is 0.176. The molecular weight excluding hydrogens is 388 g/mol. The fourth-order valence-corrected chi connectivity index (χ4v) is 3.15. The molecule has 0 saturated carbocycles. The summed E-state index contributed by atoms with van der Waals surface area (Å²) in [4.78, 5) is 31.3. The summed E-state index contributed by atoms with van der Waals surface area (Å²) < 4.78 is 36.8. The third-order valence-electron chi connectivity index (χ3n) is 3.46. The predicted octanol–water partition coefficient (Wildman–Crippen LogP) is 1.41. The minimum Gasteiger partial charge on any atom is -0.419 e. The quantitative estimate of drug-likeness (QED) is 0.430. The van der Waals surface area contributed by atoms with Crippen molar-refractivity contribution in [2.75, 3.05) is 10.0 Å². The van der Waals surface area contributed by atoms with Gasteiger partial charge in [0.1, 0.15) is 0 Å². The van der Waals surface area contributed by atoms with E-state index >= 15 is 0 Å². The predicted molar refractivity (Wildman–Crippen MR) is 97.3 cm³/mol. The van der Waals surface area contributed by atoms with Crippen molar-refractivity contribution >= 4 is 33.6 Å². The van der Waals surface area contributed by atoms with E-state index in [9.17, 15) is 18.0 Å². The third kappa shape index (κ3) is 4.43. The molecule has 2 aromatic rings. The number of esters is 2. The van der Waals surface area contributed by atoms with E-state index in [0.29, 0.717) is 5.69 Å². The maximum atomic E-state index is 12.3. The SMILES string of the molecule is CC1(C)OC(=O)C(=CNc2ccc(S(=O)(=O)Nc3ncccn3)cc2)C(=O)O1. The molecule has 0 radical (unpaired) electrons. The van der Waals surface area contributed by atoms with Crippen LogP contribution in [0.15, 0.2) is 59.4 Å². The molecule has 0 amide bonds. The summed E-state index contributed by atoms with van der Waals surface area (Å²) in [6.07, 6.45) is 3.96. The zero-order valence-corrected chi connectivity index (χ0v) is 15.7. The van der Waals surface area contributed by atoms with E-state index in [1.165, 1.54) is 50.5 Å². The Hall–Kier alpha value is -3.47. The van der Waals surface area contributed by atoms with Crippen molar-refractivity contribution in [1.29, 1.82) is 0 Å². The van der Waals surface area contributed by atoms with Gasteiger partial charge in [0, 0.05) is 38.1 Å². The molecule has 1 aliphatic rings. The molecule has 0 bridgehead atoms. The molecule has 1 aromatic heterocycles. The molecule has 1 fully saturated rings. The lowest BCUT2D eigenvalue weighted by Crippen LogP contribution is -2.42. The van der Waals surface area contributed by atoms with Crippen molar-refractivity contribution in [2.24, 2.45) is 0 Å². The smallest absolute Gasteiger partial charge is 0.350 e. The van der Waals surface area contributed by atoms with E-state index in [0.717, 1.165) is 6.20 Å². The summed E-state index contributed by atoms with van der Waals surface area (Å²) in [6, 6.07) is 7.16. The summed E-state index contributed by atoms with van der Waals surface area (Å²) in [5, 5.41) is 2.73. The molecule has 0 spiro atoms. The first kappa shape index (κ1) is 19.3. The Kier molecular flexibility index (Phi) is 5.01. The molecule has 2 N–H and O–H groups in total. The molecule has 1 saturated heterocycles. The largest absolute Gasteiger partial charge is 0.419 e. The number of cyclic esters (lactones) is 2. The second kappa shape index (κ2) is 7.27. The number of hydrogen-bond donors (Lipinski definition) is 2. The fourth-order valence-electron chi connectivity index (χ4n) is 2.20. The van der Waals surface area contributed by atoms with E-state index < -0.39 is 27.7 Å². The molecule has 28 heavy (non-hydrogen) atoms. The molecule has 1 aromatic carbocycles. The van der Waals surface area contributed by atoms with Crippen LogP contribution in [0.4, 0.5) is 11.6 Å². The lowest BCUT2D eigenvalue weighted by Gasteiger charge is -2.29. The van der Waals surface area contributed by atoms with Crippen molar-refractivity contribution in [3.63, 3.8) is 0 Å². The number of nitrogens with zero attached hydrogens (tertiary/aromatic N) is 2. The van der Waals surface area contributed by atoms with Gasteiger partial charge in [-0.1, -0.05) is 0 Å². The zero-order valence-electron chi connectivity index (χ0n) is 14.9. The van der Waals surface area contributed by atoms with E-state index in [2.05, 4.69) is 20.0 Å². The van der Waals surface area contributed by atoms with Gasteiger partial charge in [0.25, 0.3) is 15.8 Å². The van der Waals surface area contributed by atoms with Crippen LogP contribution in [0.25, 0.3) is 0 Å². The van der Waals surface area contributed by atoms with Crippen molar-refractivity contribution in [3.8, 4) is 0 Å². The second-order valence-electron chi connectivity index (χ2n) is 6.08. The highest BCUT2D eigenvalue weighted by Gasteiger charge is 2.38. The average molecular weight is 404 g/mol. The number of ether oxygens (including phenoxy) is 2. The molecule has 1 aliphatic heterocycles. The van der Waals surface area contributed by atoms with Gasteiger partial charge >= 0.3 is 11.9 Å². The number of nitrogens with one attached hydrogen (secondary N) is 2. The Balaban J connectivity index is 1.71. The number of anilines is 2. The van der Waals surface area contributed by atoms with E-state index in [-0.39, 0.29) is 16.4 Å². The third-order valence-corrected chi connectivity index (χ3v) is 4.80. The number of benzene rings is 1. The van der Waals surface area contributed by atoms with Crippen LogP contribution in [0.5, 0.6) is 0 Å². The van der Waals surface area contributed by atoms with Gasteiger partial charge in [-0.05, 0) is 30.3 Å². The summed E-state index contributed by atoms with van der Waals surface area (Å²) in [6.45, 7) is 2.89. The maximum absolute atomic E-state index is 12.3. The molecule has 3 rings (SSSR count). The van der Waals surface area contributed by atoms with Crippen LogP contribution in [0.2, 0.25) is 0 Å². The van der Waals surface area contributed by atoms with Crippen LogP contribution in [0.3, 0.4) is 0 Å². The van der Waals surface area contributed by atoms with Gasteiger partial charge in [-0.25, -0.2) is 32.7 Å². The summed E-state index contributed by atoms with van der Waals surface area (Å²) >= 11 is 0. The first-order valence-corrected chi connectivity index (χ1v) is 9.48. The van der Waals surface area contributed by atoms with Crippen LogP contribution in [0.1, 0.15) is 13.8 Å². The van der Waals surface area contributed by atoms with Gasteiger partial charge in [0.05, 0.1) is 4.90 Å². The number of carbonyl (C=O) groups excluding carboxylic acids is 2. The molecule has 0 unspecified atom stereocenters. The number of carbonyl (C=O) groups is 2. The lowest BCUT2D eigenvalue weighted by molar-refractivity contribution is -0.222. The van der Waals surface area contributed by atoms with Crippen LogP contribution in [-0.4, -0.2) is 36.1 Å². The summed E-state index contributed by atoms with van der Waals surface area (Å²) in [5.41, 5.74) is 0.131. The van der Waals surface area contributed by atoms with Crippen LogP contribution < -0.4 is 10.0 Å². The van der Waals surface area contributed by atoms with Crippen LogP contribution in [0, 0.1) is 0 Å². The Morgan fingerprint density at radius 1 is 1.00 bits per heavy atom. The van der Waals surface area contributed by atoms with Gasteiger partial charge < -0.3 is 14.8 Å². The van der Waals surface area contributed by atoms with E-state index in [4.69, 9.17) is 9.47 Å². The molecule has 0 aliphatic carbocycles. The molecule has 10 nitrogen and oxygen atoms in total. The number of rotatable bonds is 5. The topological polar surface area (TPSA) is 137 Å². The van der Waals surface area contributed by atoms with Gasteiger partial charge in [0.15, 0.2) is 5.57 Å². The van der Waals surface area contributed by atoms with Gasteiger partial charge in [-0.3, -0.25) is 0 Å². The number of hydrogen-bond acceptors (Lipinski definition) is 9. The maximum Gasteiger partial charge on any atom is 0.350 e. The van der Waals surface area contributed by atoms with Gasteiger partial charge in [0.2, 0.25) is 5.95 Å². The lowest BCUT2D eigenvalue weighted by atomic mass is 10.2. The van der Waals surface area contributed by atoms with Crippen molar-refractivity contribution in [2.45, 2.75) is 24.5 Å². The van der Waals surface area contributed by atoms with Crippen LogP contribution in [-0.2, 0) is 29.1 Å². The Bertz CT molecular complexity index is 1010. The molecule has 146 valence electrons. The molecule has 0 atom stereocenters. The minimum atomic E-state index is -3.86. The molecular formula is C17H16N4O6S. The Morgan fingerprint density at radius 2 is 1.57 bits per heavy atom. The molecule has 11 heteroatoms. The highest BCUT2D eigenvalue weighted by molar-refractivity contribution is 7.92. The highest BCUT2D eigenvalue weighted by atomic mass is 32.2. The monoisotopic (exact) mass is 404 g/mol. The van der Waals surface area contributed by atoms with Crippen LogP contribution >= 0.6 is 0 Å². The standard InChI is InChI=1S/C17H16N4O6S/c1-17(2)26-14(22)13(15(23)27-17)10-20-11-4-6-12(7-5-11)28(24,25)21-16-18-8-3-9-19-16/h3-10,20H,1-2H3,(H,18,19,21). The van der Waals surface area contributed by atoms with Crippen molar-refractivity contribution in [1.82, 2.24) is 9.97 Å². The van der Waals surface area contributed by atoms with Crippen molar-refractivity contribution in [3.05, 3.63) is 54.5 Å². The van der Waals surface area contributed by atoms with E-state index in [1.807, 2.05) is 0 Å². The number of sulfonamides is 1. The minimum absolute atomic E-state index is 0.0172. The second-order valence-corrected chi connectivity index (χ2v) is 7.77. The Morgan fingerprint density at radius 3 is 2.14 bits per heavy atom. The summed E-state index contributed by atoms with van der Waals surface area (Å²) in [7, 11) is -3.86.